The maximum atomic E-state index is 12.0. The van der Waals surface area contributed by atoms with E-state index in [0.717, 1.165) is 34.8 Å². The lowest BCUT2D eigenvalue weighted by atomic mass is 10.1. The van der Waals surface area contributed by atoms with Gasteiger partial charge in [0.1, 0.15) is 23.4 Å². The van der Waals surface area contributed by atoms with Crippen LogP contribution >= 0.6 is 0 Å². The van der Waals surface area contributed by atoms with E-state index in [-0.39, 0.29) is 12.0 Å². The van der Waals surface area contributed by atoms with Crippen molar-refractivity contribution in [2.24, 2.45) is 0 Å². The average molecular weight is 371 g/mol. The second-order valence-corrected chi connectivity index (χ2v) is 6.62. The number of hydrogen-bond acceptors (Lipinski definition) is 3. The third-order valence-electron chi connectivity index (χ3n) is 4.48. The van der Waals surface area contributed by atoms with Crippen LogP contribution in [0.2, 0.25) is 0 Å². The number of para-hydroxylation sites is 1. The number of ether oxygens (including phenoxy) is 2. The summed E-state index contributed by atoms with van der Waals surface area (Å²) < 4.78 is 11.8. The molecular weight excluding hydrogens is 350 g/mol. The van der Waals surface area contributed by atoms with Crippen molar-refractivity contribution in [2.75, 3.05) is 6.54 Å². The molecular formula is C24H21NO3. The maximum absolute atomic E-state index is 12.0. The van der Waals surface area contributed by atoms with Crippen molar-refractivity contribution in [3.05, 3.63) is 96.1 Å². The van der Waals surface area contributed by atoms with E-state index >= 15 is 0 Å². The van der Waals surface area contributed by atoms with Crippen LogP contribution in [0.5, 0.6) is 17.2 Å². The molecule has 0 fully saturated rings. The lowest BCUT2D eigenvalue weighted by Gasteiger charge is -2.10. The summed E-state index contributed by atoms with van der Waals surface area (Å²) in [6.45, 7) is 0.460. The first-order valence-electron chi connectivity index (χ1n) is 9.30. The standard InChI is InChI=1S/C24H21NO3/c26-24(14-11-18-7-3-1-4-8-18)25-17-22-16-19-15-21(12-13-23(19)28-22)27-20-9-5-2-6-10-20/h1-15,22H,16-17H2,(H,25,26)/b14-11+/t22-/m0/s1. The Bertz CT molecular complexity index is 968. The minimum Gasteiger partial charge on any atom is -0.488 e. The third-order valence-corrected chi connectivity index (χ3v) is 4.48. The molecule has 0 radical (unpaired) electrons. The molecule has 0 saturated heterocycles. The minimum atomic E-state index is -0.128. The monoisotopic (exact) mass is 371 g/mol. The van der Waals surface area contributed by atoms with Gasteiger partial charge in [0.25, 0.3) is 0 Å². The van der Waals surface area contributed by atoms with Crippen LogP contribution in [0.25, 0.3) is 6.08 Å². The molecule has 1 amide bonds. The molecule has 1 N–H and O–H groups in total. The lowest BCUT2D eigenvalue weighted by Crippen LogP contribution is -2.33. The predicted molar refractivity (Wildman–Crippen MR) is 110 cm³/mol. The topological polar surface area (TPSA) is 47.6 Å². The summed E-state index contributed by atoms with van der Waals surface area (Å²) in [6, 6.07) is 25.2. The highest BCUT2D eigenvalue weighted by atomic mass is 16.5. The van der Waals surface area contributed by atoms with E-state index in [2.05, 4.69) is 5.32 Å². The SMILES string of the molecule is O=C(/C=C/c1ccccc1)NC[C@@H]1Cc2cc(Oc3ccccc3)ccc2O1. The van der Waals surface area contributed by atoms with Crippen molar-refractivity contribution >= 4 is 12.0 Å². The number of hydrogen-bond donors (Lipinski definition) is 1. The van der Waals surface area contributed by atoms with Gasteiger partial charge in [0.05, 0.1) is 6.54 Å². The van der Waals surface area contributed by atoms with Crippen LogP contribution in [0.3, 0.4) is 0 Å². The highest BCUT2D eigenvalue weighted by Gasteiger charge is 2.23. The highest BCUT2D eigenvalue weighted by molar-refractivity contribution is 5.91. The second-order valence-electron chi connectivity index (χ2n) is 6.62. The normalized spacial score (nSPS) is 15.1. The molecule has 4 rings (SSSR count). The Morgan fingerprint density at radius 3 is 2.54 bits per heavy atom. The molecule has 28 heavy (non-hydrogen) atoms. The molecule has 0 aromatic heterocycles. The van der Waals surface area contributed by atoms with Crippen LogP contribution in [0.4, 0.5) is 0 Å². The first kappa shape index (κ1) is 17.9. The Morgan fingerprint density at radius 1 is 1.00 bits per heavy atom. The number of amides is 1. The number of fused-ring (bicyclic) bond motifs is 1. The molecule has 0 bridgehead atoms. The summed E-state index contributed by atoms with van der Waals surface area (Å²) in [5.74, 6) is 2.30. The zero-order valence-electron chi connectivity index (χ0n) is 15.4. The Kier molecular flexibility index (Phi) is 5.38. The van der Waals surface area contributed by atoms with E-state index in [4.69, 9.17) is 9.47 Å². The highest BCUT2D eigenvalue weighted by Crippen LogP contribution is 2.33. The van der Waals surface area contributed by atoms with Gasteiger partial charge in [-0.1, -0.05) is 48.5 Å². The van der Waals surface area contributed by atoms with Crippen molar-refractivity contribution in [1.29, 1.82) is 0 Å². The van der Waals surface area contributed by atoms with Gasteiger partial charge in [-0.2, -0.15) is 0 Å². The lowest BCUT2D eigenvalue weighted by molar-refractivity contribution is -0.116. The van der Waals surface area contributed by atoms with Crippen molar-refractivity contribution in [1.82, 2.24) is 5.32 Å². The van der Waals surface area contributed by atoms with Gasteiger partial charge in [0.2, 0.25) is 5.91 Å². The number of carbonyl (C=O) groups is 1. The van der Waals surface area contributed by atoms with E-state index in [1.54, 1.807) is 12.2 Å². The minimum absolute atomic E-state index is 0.0731. The number of nitrogens with one attached hydrogen (secondary N) is 1. The summed E-state index contributed by atoms with van der Waals surface area (Å²) in [5.41, 5.74) is 2.08. The van der Waals surface area contributed by atoms with E-state index in [1.807, 2.05) is 78.9 Å². The van der Waals surface area contributed by atoms with E-state index in [1.165, 1.54) is 0 Å². The summed E-state index contributed by atoms with van der Waals surface area (Å²) in [5, 5.41) is 2.90. The molecule has 1 heterocycles. The largest absolute Gasteiger partial charge is 0.488 e. The molecule has 0 spiro atoms. The van der Waals surface area contributed by atoms with Crippen LogP contribution in [-0.2, 0) is 11.2 Å². The van der Waals surface area contributed by atoms with Gasteiger partial charge < -0.3 is 14.8 Å². The smallest absolute Gasteiger partial charge is 0.244 e. The number of benzene rings is 3. The Balaban J connectivity index is 1.30. The predicted octanol–water partition coefficient (Wildman–Crippen LogP) is 4.61. The average Bonchev–Trinajstić information content (AvgIpc) is 3.14. The third kappa shape index (κ3) is 4.60. The van der Waals surface area contributed by atoms with Gasteiger partial charge in [-0.15, -0.1) is 0 Å². The van der Waals surface area contributed by atoms with Gasteiger partial charge in [0, 0.05) is 18.1 Å². The molecule has 1 atom stereocenters. The molecule has 4 nitrogen and oxygen atoms in total. The van der Waals surface area contributed by atoms with Gasteiger partial charge in [-0.3, -0.25) is 4.79 Å². The molecule has 1 aliphatic heterocycles. The van der Waals surface area contributed by atoms with Gasteiger partial charge in [-0.05, 0) is 42.0 Å². The molecule has 0 aliphatic carbocycles. The molecule has 140 valence electrons. The van der Waals surface area contributed by atoms with Crippen LogP contribution in [0, 0.1) is 0 Å². The summed E-state index contributed by atoms with van der Waals surface area (Å²) in [4.78, 5) is 12.0. The zero-order chi connectivity index (χ0) is 19.2. The van der Waals surface area contributed by atoms with Crippen molar-refractivity contribution in [3.63, 3.8) is 0 Å². The van der Waals surface area contributed by atoms with Crippen molar-refractivity contribution in [3.8, 4) is 17.2 Å². The van der Waals surface area contributed by atoms with Crippen LogP contribution in [0.15, 0.2) is 84.9 Å². The fourth-order valence-electron chi connectivity index (χ4n) is 3.11. The van der Waals surface area contributed by atoms with Crippen molar-refractivity contribution in [2.45, 2.75) is 12.5 Å². The molecule has 1 aliphatic rings. The molecule has 3 aromatic rings. The van der Waals surface area contributed by atoms with Crippen LogP contribution < -0.4 is 14.8 Å². The summed E-state index contributed by atoms with van der Waals surface area (Å²) in [6.07, 6.45) is 4.01. The first-order valence-corrected chi connectivity index (χ1v) is 9.30. The molecule has 3 aromatic carbocycles. The Labute approximate surface area is 164 Å². The zero-order valence-corrected chi connectivity index (χ0v) is 15.4. The summed E-state index contributed by atoms with van der Waals surface area (Å²) in [7, 11) is 0. The van der Waals surface area contributed by atoms with Crippen LogP contribution in [0.1, 0.15) is 11.1 Å². The molecule has 0 unspecified atom stereocenters. The quantitative estimate of drug-likeness (QED) is 0.644. The molecule has 0 saturated carbocycles. The molecule has 4 heteroatoms. The van der Waals surface area contributed by atoms with Crippen molar-refractivity contribution < 1.29 is 14.3 Å². The van der Waals surface area contributed by atoms with Crippen LogP contribution in [-0.4, -0.2) is 18.6 Å². The van der Waals surface area contributed by atoms with E-state index in [0.29, 0.717) is 6.54 Å². The van der Waals surface area contributed by atoms with Gasteiger partial charge in [0.15, 0.2) is 0 Å². The fourth-order valence-corrected chi connectivity index (χ4v) is 3.11. The fraction of sp³-hybridized carbons (Fsp3) is 0.125. The number of rotatable bonds is 6. The first-order chi connectivity index (χ1) is 13.8. The Hall–Kier alpha value is -3.53. The van der Waals surface area contributed by atoms with E-state index < -0.39 is 0 Å². The summed E-state index contributed by atoms with van der Waals surface area (Å²) >= 11 is 0. The second kappa shape index (κ2) is 8.44. The van der Waals surface area contributed by atoms with Gasteiger partial charge in [-0.25, -0.2) is 0 Å². The number of carbonyl (C=O) groups excluding carboxylic acids is 1. The van der Waals surface area contributed by atoms with Gasteiger partial charge >= 0.3 is 0 Å². The Morgan fingerprint density at radius 2 is 1.75 bits per heavy atom. The maximum Gasteiger partial charge on any atom is 0.244 e. The van der Waals surface area contributed by atoms with E-state index in [9.17, 15) is 4.79 Å².